The lowest BCUT2D eigenvalue weighted by Gasteiger charge is -2.10. The minimum Gasteiger partial charge on any atom is -0.236 e. The van der Waals surface area contributed by atoms with E-state index in [2.05, 4.69) is 80.3 Å². The maximum absolute atomic E-state index is 7.76. The topological polar surface area (TPSA) is 73.4 Å². The van der Waals surface area contributed by atoms with E-state index in [-0.39, 0.29) is 5.57 Å². The summed E-state index contributed by atoms with van der Waals surface area (Å²) in [6.07, 6.45) is 5.32. The van der Waals surface area contributed by atoms with E-state index in [4.69, 9.17) is 10.5 Å². The van der Waals surface area contributed by atoms with Gasteiger partial charge in [0.2, 0.25) is 0 Å². The highest BCUT2D eigenvalue weighted by Gasteiger charge is 2.05. The van der Waals surface area contributed by atoms with Crippen LogP contribution in [-0.2, 0) is 0 Å². The van der Waals surface area contributed by atoms with Gasteiger partial charge >= 0.3 is 0 Å². The summed E-state index contributed by atoms with van der Waals surface area (Å²) in [5, 5.41) is 15.5. The minimum absolute atomic E-state index is 0.0463. The van der Waals surface area contributed by atoms with Gasteiger partial charge in [-0.15, -0.1) is 0 Å². The zero-order valence-corrected chi connectivity index (χ0v) is 16.9. The van der Waals surface area contributed by atoms with Crippen LogP contribution in [0.4, 0.5) is 0 Å². The first-order valence-corrected chi connectivity index (χ1v) is 9.01. The Hall–Kier alpha value is -4.02. The van der Waals surface area contributed by atoms with E-state index in [1.54, 1.807) is 30.6 Å². The fourth-order valence-electron chi connectivity index (χ4n) is 2.63. The SMILES string of the molecule is C=C(C#N)C#N.C=Cc1cnc(-c2ccc(-c3cc(C)c(C)c(C)c3)cc2)nc1. The molecule has 1 aromatic heterocycles. The second-order valence-electron chi connectivity index (χ2n) is 6.56. The van der Waals surface area contributed by atoms with Crippen LogP contribution in [0.15, 0.2) is 67.5 Å². The summed E-state index contributed by atoms with van der Waals surface area (Å²) >= 11 is 0. The van der Waals surface area contributed by atoms with E-state index in [0.29, 0.717) is 0 Å². The van der Waals surface area contributed by atoms with Crippen LogP contribution in [0, 0.1) is 43.4 Å². The van der Waals surface area contributed by atoms with Crippen LogP contribution in [0.3, 0.4) is 0 Å². The number of hydrogen-bond acceptors (Lipinski definition) is 4. The summed E-state index contributed by atoms with van der Waals surface area (Å²) in [6.45, 7) is 13.3. The quantitative estimate of drug-likeness (QED) is 0.526. The molecule has 1 heterocycles. The van der Waals surface area contributed by atoms with Crippen molar-refractivity contribution in [1.82, 2.24) is 9.97 Å². The lowest BCUT2D eigenvalue weighted by atomic mass is 9.96. The van der Waals surface area contributed by atoms with Crippen LogP contribution in [0.1, 0.15) is 22.3 Å². The average Bonchev–Trinajstić information content (AvgIpc) is 2.77. The molecule has 0 bridgehead atoms. The highest BCUT2D eigenvalue weighted by molar-refractivity contribution is 5.69. The molecule has 4 nitrogen and oxygen atoms in total. The van der Waals surface area contributed by atoms with Crippen molar-refractivity contribution in [2.24, 2.45) is 0 Å². The maximum atomic E-state index is 7.76. The van der Waals surface area contributed by atoms with E-state index in [9.17, 15) is 0 Å². The van der Waals surface area contributed by atoms with Gasteiger partial charge < -0.3 is 0 Å². The Kier molecular flexibility index (Phi) is 7.18. The average molecular weight is 378 g/mol. The first-order chi connectivity index (χ1) is 13.9. The lowest BCUT2D eigenvalue weighted by Crippen LogP contribution is -1.90. The zero-order valence-electron chi connectivity index (χ0n) is 16.9. The van der Waals surface area contributed by atoms with Crippen LogP contribution in [-0.4, -0.2) is 9.97 Å². The Balaban J connectivity index is 0.000000438. The second kappa shape index (κ2) is 9.78. The van der Waals surface area contributed by atoms with Crippen molar-refractivity contribution < 1.29 is 0 Å². The Morgan fingerprint density at radius 3 is 1.76 bits per heavy atom. The third-order valence-corrected chi connectivity index (χ3v) is 4.58. The van der Waals surface area contributed by atoms with Gasteiger partial charge in [0.05, 0.1) is 0 Å². The van der Waals surface area contributed by atoms with Gasteiger partial charge in [-0.3, -0.25) is 0 Å². The summed E-state index contributed by atoms with van der Waals surface area (Å²) in [6, 6.07) is 16.0. The lowest BCUT2D eigenvalue weighted by molar-refractivity contribution is 1.17. The molecule has 0 N–H and O–H groups in total. The van der Waals surface area contributed by atoms with Gasteiger partial charge in [0.15, 0.2) is 5.82 Å². The number of nitriles is 2. The highest BCUT2D eigenvalue weighted by atomic mass is 14.9. The molecule has 0 aliphatic heterocycles. The standard InChI is InChI=1S/C21H20N2.C4H2N2/c1-5-17-12-22-21(23-13-17)19-8-6-18(7-9-19)20-10-14(2)16(4)15(3)11-20;1-4(2-5)3-6/h5-13H,1H2,2-4H3;1H2. The second-order valence-corrected chi connectivity index (χ2v) is 6.56. The molecule has 0 spiro atoms. The molecule has 3 aromatic rings. The molecule has 0 radical (unpaired) electrons. The number of aromatic nitrogens is 2. The first kappa shape index (κ1) is 21.3. The molecule has 4 heteroatoms. The van der Waals surface area contributed by atoms with Crippen molar-refractivity contribution in [1.29, 1.82) is 10.5 Å². The van der Waals surface area contributed by atoms with Crippen LogP contribution < -0.4 is 0 Å². The van der Waals surface area contributed by atoms with Gasteiger partial charge in [-0.2, -0.15) is 10.5 Å². The normalized spacial score (nSPS) is 9.41. The fraction of sp³-hybridized carbons (Fsp3) is 0.120. The minimum atomic E-state index is -0.0463. The summed E-state index contributed by atoms with van der Waals surface area (Å²) in [5.41, 5.74) is 8.37. The van der Waals surface area contributed by atoms with E-state index in [0.717, 1.165) is 17.0 Å². The predicted octanol–water partition coefficient (Wildman–Crippen LogP) is 5.97. The van der Waals surface area contributed by atoms with Crippen molar-refractivity contribution >= 4 is 6.08 Å². The molecule has 29 heavy (non-hydrogen) atoms. The van der Waals surface area contributed by atoms with Crippen LogP contribution >= 0.6 is 0 Å². The fourth-order valence-corrected chi connectivity index (χ4v) is 2.63. The predicted molar refractivity (Wildman–Crippen MR) is 118 cm³/mol. The molecular formula is C25H22N4. The highest BCUT2D eigenvalue weighted by Crippen LogP contribution is 2.26. The molecule has 0 unspecified atom stereocenters. The van der Waals surface area contributed by atoms with E-state index in [1.807, 2.05) is 0 Å². The molecule has 3 rings (SSSR count). The molecule has 0 atom stereocenters. The molecule has 142 valence electrons. The largest absolute Gasteiger partial charge is 0.236 e. The zero-order chi connectivity index (χ0) is 21.4. The first-order valence-electron chi connectivity index (χ1n) is 9.01. The van der Waals surface area contributed by atoms with Crippen molar-refractivity contribution in [3.05, 3.63) is 89.8 Å². The molecular weight excluding hydrogens is 356 g/mol. The van der Waals surface area contributed by atoms with Crippen molar-refractivity contribution in [2.75, 3.05) is 0 Å². The molecule has 0 saturated carbocycles. The Morgan fingerprint density at radius 1 is 0.862 bits per heavy atom. The smallest absolute Gasteiger partial charge is 0.159 e. The van der Waals surface area contributed by atoms with Crippen molar-refractivity contribution in [3.8, 4) is 34.7 Å². The number of aryl methyl sites for hydroxylation is 2. The number of nitrogens with zero attached hydrogens (tertiary/aromatic N) is 4. The summed E-state index contributed by atoms with van der Waals surface area (Å²) in [5.74, 6) is 0.735. The van der Waals surface area contributed by atoms with E-state index < -0.39 is 0 Å². The summed E-state index contributed by atoms with van der Waals surface area (Å²) in [7, 11) is 0. The summed E-state index contributed by atoms with van der Waals surface area (Å²) in [4.78, 5) is 8.76. The molecule has 0 fully saturated rings. The molecule has 0 saturated heterocycles. The van der Waals surface area contributed by atoms with Crippen molar-refractivity contribution in [2.45, 2.75) is 20.8 Å². The van der Waals surface area contributed by atoms with Crippen molar-refractivity contribution in [3.63, 3.8) is 0 Å². The Bertz CT molecular complexity index is 1070. The molecule has 0 aliphatic carbocycles. The van der Waals surface area contributed by atoms with Gasteiger partial charge in [-0.05, 0) is 48.6 Å². The monoisotopic (exact) mass is 378 g/mol. The Morgan fingerprint density at radius 2 is 1.34 bits per heavy atom. The Labute approximate surface area is 172 Å². The number of allylic oxidation sites excluding steroid dienone is 1. The van der Waals surface area contributed by atoms with Gasteiger partial charge in [0.1, 0.15) is 17.7 Å². The summed E-state index contributed by atoms with van der Waals surface area (Å²) < 4.78 is 0. The maximum Gasteiger partial charge on any atom is 0.159 e. The van der Waals surface area contributed by atoms with Gasteiger partial charge in [-0.25, -0.2) is 9.97 Å². The van der Waals surface area contributed by atoms with Gasteiger partial charge in [0.25, 0.3) is 0 Å². The van der Waals surface area contributed by atoms with Gasteiger partial charge in [0, 0.05) is 23.5 Å². The van der Waals surface area contributed by atoms with Crippen LogP contribution in [0.5, 0.6) is 0 Å². The number of hydrogen-bond donors (Lipinski definition) is 0. The van der Waals surface area contributed by atoms with Crippen LogP contribution in [0.25, 0.3) is 28.6 Å². The van der Waals surface area contributed by atoms with Gasteiger partial charge in [-0.1, -0.05) is 55.6 Å². The van der Waals surface area contributed by atoms with E-state index >= 15 is 0 Å². The molecule has 0 aliphatic rings. The number of benzene rings is 2. The number of rotatable bonds is 3. The third kappa shape index (κ3) is 5.48. The molecule has 2 aromatic carbocycles. The molecule has 0 amide bonds. The van der Waals surface area contributed by atoms with Crippen LogP contribution in [0.2, 0.25) is 0 Å². The van der Waals surface area contributed by atoms with E-state index in [1.165, 1.54) is 27.8 Å². The third-order valence-electron chi connectivity index (χ3n) is 4.58.